The van der Waals surface area contributed by atoms with Crippen molar-refractivity contribution in [3.8, 4) is 0 Å². The summed E-state index contributed by atoms with van der Waals surface area (Å²) < 4.78 is 50.9. The van der Waals surface area contributed by atoms with Gasteiger partial charge in [-0.3, -0.25) is 4.79 Å². The highest BCUT2D eigenvalue weighted by atomic mass is 35.5. The van der Waals surface area contributed by atoms with Gasteiger partial charge in [0.2, 0.25) is 5.91 Å². The lowest BCUT2D eigenvalue weighted by molar-refractivity contribution is -0.130. The molecule has 9 heteroatoms. The minimum Gasteiger partial charge on any atom is -0.340 e. The van der Waals surface area contributed by atoms with Gasteiger partial charge in [-0.1, -0.05) is 41.4 Å². The zero-order chi connectivity index (χ0) is 21.4. The van der Waals surface area contributed by atoms with Gasteiger partial charge < -0.3 is 4.90 Å². The Labute approximate surface area is 176 Å². The molecule has 0 bridgehead atoms. The summed E-state index contributed by atoms with van der Waals surface area (Å²) in [6.45, 7) is 1.84. The highest BCUT2D eigenvalue weighted by Gasteiger charge is 2.48. The summed E-state index contributed by atoms with van der Waals surface area (Å²) in [7, 11) is -6.05. The Bertz CT molecular complexity index is 1110. The summed E-state index contributed by atoms with van der Waals surface area (Å²) in [5, 5.41) is -0.657. The van der Waals surface area contributed by atoms with Gasteiger partial charge in [0.05, 0.1) is 28.9 Å². The van der Waals surface area contributed by atoms with Gasteiger partial charge in [0, 0.05) is 12.1 Å². The van der Waals surface area contributed by atoms with Gasteiger partial charge in [0.15, 0.2) is 19.7 Å². The third-order valence-electron chi connectivity index (χ3n) is 5.18. The monoisotopic (exact) mass is 455 g/mol. The Morgan fingerprint density at radius 1 is 1.07 bits per heavy atom. The van der Waals surface area contributed by atoms with Gasteiger partial charge in [0.25, 0.3) is 0 Å². The fourth-order valence-electron chi connectivity index (χ4n) is 3.44. The molecule has 0 N–H and O–H groups in total. The molecule has 1 amide bonds. The van der Waals surface area contributed by atoms with Crippen molar-refractivity contribution < 1.29 is 21.6 Å². The molecule has 1 aliphatic heterocycles. The van der Waals surface area contributed by atoms with Crippen LogP contribution in [-0.4, -0.2) is 57.5 Å². The maximum atomic E-state index is 13.1. The molecule has 0 aliphatic carbocycles. The number of carbonyl (C=O) groups is 1. The normalized spacial score (nSPS) is 21.1. The van der Waals surface area contributed by atoms with E-state index >= 15 is 0 Å². The number of benzene rings is 2. The first-order valence-corrected chi connectivity index (χ1v) is 12.8. The number of hydrogen-bond donors (Lipinski definition) is 0. The van der Waals surface area contributed by atoms with E-state index in [0.29, 0.717) is 10.6 Å². The molecule has 1 fully saturated rings. The van der Waals surface area contributed by atoms with E-state index in [1.54, 1.807) is 36.4 Å². The van der Waals surface area contributed by atoms with Crippen LogP contribution in [0.3, 0.4) is 0 Å². The van der Waals surface area contributed by atoms with Crippen LogP contribution in [0.15, 0.2) is 53.4 Å². The van der Waals surface area contributed by atoms with E-state index in [4.69, 9.17) is 11.6 Å². The number of aryl methyl sites for hydroxylation is 1. The van der Waals surface area contributed by atoms with E-state index in [9.17, 15) is 21.6 Å². The van der Waals surface area contributed by atoms with E-state index in [2.05, 4.69) is 0 Å². The Morgan fingerprint density at radius 2 is 1.66 bits per heavy atom. The second-order valence-corrected chi connectivity index (χ2v) is 12.1. The van der Waals surface area contributed by atoms with Gasteiger partial charge in [-0.2, -0.15) is 0 Å². The first kappa shape index (κ1) is 21.8. The Morgan fingerprint density at radius 3 is 2.24 bits per heavy atom. The summed E-state index contributed by atoms with van der Waals surface area (Å²) in [5.74, 6) is -1.21. The molecule has 156 valence electrons. The predicted octanol–water partition coefficient (Wildman–Crippen LogP) is 2.29. The highest BCUT2D eigenvalue weighted by molar-refractivity contribution is 7.96. The van der Waals surface area contributed by atoms with Crippen LogP contribution in [0.5, 0.6) is 0 Å². The second-order valence-electron chi connectivity index (χ2n) is 7.35. The molecule has 0 radical (unpaired) electrons. The van der Waals surface area contributed by atoms with Gasteiger partial charge in [-0.25, -0.2) is 16.8 Å². The molecule has 0 spiro atoms. The third-order valence-corrected chi connectivity index (χ3v) is 9.57. The Hall–Kier alpha value is -1.90. The lowest BCUT2D eigenvalue weighted by atomic mass is 10.1. The first-order valence-electron chi connectivity index (χ1n) is 9.01. The summed E-state index contributed by atoms with van der Waals surface area (Å²) in [6.07, 6.45) is 0.0293. The zero-order valence-electron chi connectivity index (χ0n) is 16.1. The van der Waals surface area contributed by atoms with Crippen LogP contribution >= 0.6 is 11.6 Å². The number of rotatable bonds is 5. The Kier molecular flexibility index (Phi) is 6.08. The number of halogens is 1. The van der Waals surface area contributed by atoms with E-state index in [1.165, 1.54) is 24.1 Å². The molecule has 2 aromatic carbocycles. The van der Waals surface area contributed by atoms with Gasteiger partial charge in [0.1, 0.15) is 5.25 Å². The highest BCUT2D eigenvalue weighted by Crippen LogP contribution is 2.29. The fourth-order valence-corrected chi connectivity index (χ4v) is 8.42. The number of carbonyl (C=O) groups excluding carboxylic acids is 1. The summed E-state index contributed by atoms with van der Waals surface area (Å²) >= 11 is 5.85. The summed E-state index contributed by atoms with van der Waals surface area (Å²) in [6, 6.07) is 12.1. The van der Waals surface area contributed by atoms with Gasteiger partial charge >= 0.3 is 0 Å². The molecule has 0 unspecified atom stereocenters. The predicted molar refractivity (Wildman–Crippen MR) is 113 cm³/mol. The number of amides is 1. The van der Waals surface area contributed by atoms with Crippen molar-refractivity contribution in [1.82, 2.24) is 4.90 Å². The van der Waals surface area contributed by atoms with Crippen LogP contribution in [-0.2, 0) is 30.9 Å². The van der Waals surface area contributed by atoms with Crippen molar-refractivity contribution in [2.24, 2.45) is 0 Å². The number of likely N-dealkylation sites (N-methyl/N-ethyl adjacent to an activating group) is 1. The lowest BCUT2D eigenvalue weighted by Crippen LogP contribution is -2.47. The van der Waals surface area contributed by atoms with E-state index in [-0.39, 0.29) is 23.0 Å². The zero-order valence-corrected chi connectivity index (χ0v) is 18.5. The summed E-state index contributed by atoms with van der Waals surface area (Å²) in [4.78, 5) is 14.1. The SMILES string of the molecule is Cc1ccc(S(=O)(=O)[C@H]2CS(=O)(=O)C[C@@H]2N(C)C(=O)Cc2ccc(Cl)cc2)cc1. The summed E-state index contributed by atoms with van der Waals surface area (Å²) in [5.41, 5.74) is 1.61. The van der Waals surface area contributed by atoms with Gasteiger partial charge in [-0.05, 0) is 36.8 Å². The number of hydrogen-bond acceptors (Lipinski definition) is 5. The molecular weight excluding hydrogens is 434 g/mol. The Balaban J connectivity index is 1.88. The number of nitrogens with zero attached hydrogens (tertiary/aromatic N) is 1. The van der Waals surface area contributed by atoms with Gasteiger partial charge in [-0.15, -0.1) is 0 Å². The molecule has 2 aromatic rings. The van der Waals surface area contributed by atoms with Crippen LogP contribution in [0.2, 0.25) is 5.02 Å². The lowest BCUT2D eigenvalue weighted by Gasteiger charge is -2.28. The van der Waals surface area contributed by atoms with Crippen LogP contribution in [0, 0.1) is 6.92 Å². The third kappa shape index (κ3) is 4.82. The number of sulfone groups is 2. The van der Waals surface area contributed by atoms with E-state index < -0.39 is 36.7 Å². The largest absolute Gasteiger partial charge is 0.340 e. The molecule has 6 nitrogen and oxygen atoms in total. The quantitative estimate of drug-likeness (QED) is 0.690. The molecule has 0 aromatic heterocycles. The molecule has 0 saturated carbocycles. The standard InChI is InChI=1S/C20H22ClNO5S2/c1-14-3-9-17(10-4-14)29(26,27)19-13-28(24,25)12-18(19)22(2)20(23)11-15-5-7-16(21)8-6-15/h3-10,18-19H,11-13H2,1-2H3/t18-,19-/m0/s1. The molecule has 1 saturated heterocycles. The van der Waals surface area contributed by atoms with E-state index in [0.717, 1.165) is 5.56 Å². The maximum absolute atomic E-state index is 13.1. The molecule has 29 heavy (non-hydrogen) atoms. The average molecular weight is 456 g/mol. The second kappa shape index (κ2) is 8.08. The van der Waals surface area contributed by atoms with Crippen LogP contribution < -0.4 is 0 Å². The van der Waals surface area contributed by atoms with Crippen LogP contribution in [0.1, 0.15) is 11.1 Å². The average Bonchev–Trinajstić information content (AvgIpc) is 2.99. The molecule has 2 atom stereocenters. The topological polar surface area (TPSA) is 88.6 Å². The molecular formula is C20H22ClNO5S2. The van der Waals surface area contributed by atoms with Crippen molar-refractivity contribution in [3.63, 3.8) is 0 Å². The maximum Gasteiger partial charge on any atom is 0.227 e. The van der Waals surface area contributed by atoms with Crippen molar-refractivity contribution in [3.05, 3.63) is 64.7 Å². The van der Waals surface area contributed by atoms with Crippen molar-refractivity contribution in [2.75, 3.05) is 18.6 Å². The minimum atomic E-state index is -3.92. The van der Waals surface area contributed by atoms with E-state index in [1.807, 2.05) is 6.92 Å². The van der Waals surface area contributed by atoms with Crippen molar-refractivity contribution >= 4 is 37.2 Å². The van der Waals surface area contributed by atoms with Crippen LogP contribution in [0.4, 0.5) is 0 Å². The molecule has 1 aliphatic rings. The van der Waals surface area contributed by atoms with Crippen molar-refractivity contribution in [1.29, 1.82) is 0 Å². The fraction of sp³-hybridized carbons (Fsp3) is 0.350. The van der Waals surface area contributed by atoms with Crippen molar-refractivity contribution in [2.45, 2.75) is 29.5 Å². The molecule has 3 rings (SSSR count). The minimum absolute atomic E-state index is 0.0293. The molecule has 1 heterocycles. The first-order chi connectivity index (χ1) is 13.5. The smallest absolute Gasteiger partial charge is 0.227 e. The van der Waals surface area contributed by atoms with Crippen LogP contribution in [0.25, 0.3) is 0 Å².